The maximum atomic E-state index is 10.1. The average molecular weight is 403 g/mol. The number of aliphatic hydroxyl groups excluding tert-OH is 2. The molecule has 0 amide bonds. The zero-order chi connectivity index (χ0) is 19.5. The summed E-state index contributed by atoms with van der Waals surface area (Å²) in [7, 11) is 0. The van der Waals surface area contributed by atoms with Crippen LogP contribution in [-0.2, 0) is 22.5 Å². The molecule has 4 rings (SSSR count). The zero-order valence-electron chi connectivity index (χ0n) is 15.9. The van der Waals surface area contributed by atoms with Gasteiger partial charge in [0.05, 0.1) is 37.6 Å². The van der Waals surface area contributed by atoms with Crippen molar-refractivity contribution in [3.63, 3.8) is 0 Å². The number of hydrogen-bond acceptors (Lipinski definition) is 4. The summed E-state index contributed by atoms with van der Waals surface area (Å²) < 4.78 is 11.7. The molecule has 3 unspecified atom stereocenters. The van der Waals surface area contributed by atoms with Gasteiger partial charge in [0, 0.05) is 17.9 Å². The molecule has 1 aliphatic carbocycles. The van der Waals surface area contributed by atoms with E-state index in [1.807, 2.05) is 12.1 Å². The number of aliphatic hydroxyl groups is 2. The summed E-state index contributed by atoms with van der Waals surface area (Å²) in [4.78, 5) is 0. The molecule has 150 valence electrons. The topological polar surface area (TPSA) is 58.9 Å². The van der Waals surface area contributed by atoms with Gasteiger partial charge in [0.15, 0.2) is 0 Å². The van der Waals surface area contributed by atoms with E-state index in [1.54, 1.807) is 0 Å². The van der Waals surface area contributed by atoms with Crippen molar-refractivity contribution in [2.75, 3.05) is 6.61 Å². The van der Waals surface area contributed by atoms with Crippen molar-refractivity contribution in [3.05, 3.63) is 69.7 Å². The number of rotatable bonds is 7. The van der Waals surface area contributed by atoms with Gasteiger partial charge in [-0.25, -0.2) is 0 Å². The maximum Gasteiger partial charge on any atom is 0.0854 e. The summed E-state index contributed by atoms with van der Waals surface area (Å²) in [5, 5.41) is 20.2. The molecule has 0 radical (unpaired) electrons. The first-order chi connectivity index (χ1) is 13.6. The van der Waals surface area contributed by atoms with Crippen LogP contribution in [0.2, 0.25) is 5.02 Å². The van der Waals surface area contributed by atoms with E-state index >= 15 is 0 Å². The Kier molecular flexibility index (Phi) is 6.34. The lowest BCUT2D eigenvalue weighted by atomic mass is 9.94. The first-order valence-electron chi connectivity index (χ1n) is 10.0. The third-order valence-corrected chi connectivity index (χ3v) is 5.82. The molecule has 0 spiro atoms. The van der Waals surface area contributed by atoms with Crippen LogP contribution < -0.4 is 0 Å². The van der Waals surface area contributed by atoms with Crippen LogP contribution in [0.25, 0.3) is 0 Å². The van der Waals surface area contributed by atoms with Gasteiger partial charge in [0.2, 0.25) is 0 Å². The SMILES string of the molecule is OCC1CC(O)CC(c2ccc(Cl)c(Cc3ccc(COC4CC4)cc3)c2)O1. The van der Waals surface area contributed by atoms with Gasteiger partial charge in [0.25, 0.3) is 0 Å². The van der Waals surface area contributed by atoms with Gasteiger partial charge >= 0.3 is 0 Å². The van der Waals surface area contributed by atoms with Crippen molar-refractivity contribution < 1.29 is 19.7 Å². The molecule has 0 aromatic heterocycles. The second-order valence-corrected chi connectivity index (χ2v) is 8.32. The zero-order valence-corrected chi connectivity index (χ0v) is 16.6. The first-order valence-corrected chi connectivity index (χ1v) is 10.4. The third-order valence-electron chi connectivity index (χ3n) is 5.45. The molecule has 2 N–H and O–H groups in total. The molecule has 0 bridgehead atoms. The van der Waals surface area contributed by atoms with Crippen LogP contribution in [0.4, 0.5) is 0 Å². The molecule has 1 saturated carbocycles. The molecule has 1 aliphatic heterocycles. The van der Waals surface area contributed by atoms with Crippen molar-refractivity contribution in [1.29, 1.82) is 0 Å². The summed E-state index contributed by atoms with van der Waals surface area (Å²) in [5.74, 6) is 0. The molecule has 2 aromatic carbocycles. The minimum absolute atomic E-state index is 0.0786. The van der Waals surface area contributed by atoms with Gasteiger partial charge in [-0.2, -0.15) is 0 Å². The van der Waals surface area contributed by atoms with Crippen molar-refractivity contribution in [1.82, 2.24) is 0 Å². The fourth-order valence-electron chi connectivity index (χ4n) is 3.67. The first kappa shape index (κ1) is 19.9. The van der Waals surface area contributed by atoms with Gasteiger partial charge in [-0.3, -0.25) is 0 Å². The van der Waals surface area contributed by atoms with Gasteiger partial charge in [0.1, 0.15) is 0 Å². The highest BCUT2D eigenvalue weighted by Crippen LogP contribution is 2.33. The fourth-order valence-corrected chi connectivity index (χ4v) is 3.86. The Bertz CT molecular complexity index is 788. The number of hydrogen-bond donors (Lipinski definition) is 2. The van der Waals surface area contributed by atoms with Crippen molar-refractivity contribution in [2.45, 2.75) is 63.1 Å². The minimum atomic E-state index is -0.458. The second kappa shape index (κ2) is 8.93. The van der Waals surface area contributed by atoms with Crippen LogP contribution in [0.15, 0.2) is 42.5 Å². The predicted octanol–water partition coefficient (Wildman–Crippen LogP) is 4.18. The van der Waals surface area contributed by atoms with Crippen LogP contribution in [0, 0.1) is 0 Å². The normalized spacial score (nSPS) is 25.0. The summed E-state index contributed by atoms with van der Waals surface area (Å²) in [6.07, 6.45) is 3.58. The smallest absolute Gasteiger partial charge is 0.0854 e. The Labute approximate surface area is 171 Å². The second-order valence-electron chi connectivity index (χ2n) is 7.91. The molecule has 28 heavy (non-hydrogen) atoms. The Morgan fingerprint density at radius 1 is 1.04 bits per heavy atom. The molecule has 1 heterocycles. The third kappa shape index (κ3) is 5.13. The van der Waals surface area contributed by atoms with Gasteiger partial charge in [-0.15, -0.1) is 0 Å². The Morgan fingerprint density at radius 3 is 2.50 bits per heavy atom. The monoisotopic (exact) mass is 402 g/mol. The maximum absolute atomic E-state index is 10.1. The van der Waals surface area contributed by atoms with Gasteiger partial charge < -0.3 is 19.7 Å². The average Bonchev–Trinajstić information content (AvgIpc) is 3.53. The van der Waals surface area contributed by atoms with E-state index < -0.39 is 6.10 Å². The number of ether oxygens (including phenoxy) is 2. The molecular weight excluding hydrogens is 376 g/mol. The van der Waals surface area contributed by atoms with E-state index in [0.29, 0.717) is 25.6 Å². The number of halogens is 1. The van der Waals surface area contributed by atoms with E-state index in [2.05, 4.69) is 30.3 Å². The van der Waals surface area contributed by atoms with E-state index in [-0.39, 0.29) is 18.8 Å². The van der Waals surface area contributed by atoms with Crippen molar-refractivity contribution in [2.24, 2.45) is 0 Å². The molecule has 4 nitrogen and oxygen atoms in total. The molecule has 3 atom stereocenters. The van der Waals surface area contributed by atoms with E-state index in [0.717, 1.165) is 22.6 Å². The van der Waals surface area contributed by atoms with Crippen LogP contribution >= 0.6 is 11.6 Å². The lowest BCUT2D eigenvalue weighted by Gasteiger charge is -2.32. The molecule has 2 fully saturated rings. The lowest BCUT2D eigenvalue weighted by molar-refractivity contribution is -0.113. The van der Waals surface area contributed by atoms with Crippen LogP contribution in [-0.4, -0.2) is 35.1 Å². The largest absolute Gasteiger partial charge is 0.394 e. The van der Waals surface area contributed by atoms with Gasteiger partial charge in [-0.05, 0) is 47.6 Å². The van der Waals surface area contributed by atoms with Gasteiger partial charge in [-0.1, -0.05) is 48.0 Å². The summed E-state index contributed by atoms with van der Waals surface area (Å²) in [6, 6.07) is 14.4. The molecule has 5 heteroatoms. The molecule has 2 aromatic rings. The van der Waals surface area contributed by atoms with Crippen LogP contribution in [0.1, 0.15) is 54.0 Å². The van der Waals surface area contributed by atoms with Crippen LogP contribution in [0.5, 0.6) is 0 Å². The number of benzene rings is 2. The highest BCUT2D eigenvalue weighted by molar-refractivity contribution is 6.31. The Hall–Kier alpha value is -1.43. The highest BCUT2D eigenvalue weighted by Gasteiger charge is 2.29. The summed E-state index contributed by atoms with van der Waals surface area (Å²) >= 11 is 6.44. The van der Waals surface area contributed by atoms with Crippen molar-refractivity contribution >= 4 is 11.6 Å². The summed E-state index contributed by atoms with van der Waals surface area (Å²) in [5.41, 5.74) is 4.40. The van der Waals surface area contributed by atoms with E-state index in [1.165, 1.54) is 24.0 Å². The summed E-state index contributed by atoms with van der Waals surface area (Å²) in [6.45, 7) is 0.597. The Balaban J connectivity index is 1.44. The predicted molar refractivity (Wildman–Crippen MR) is 108 cm³/mol. The van der Waals surface area contributed by atoms with Crippen molar-refractivity contribution in [3.8, 4) is 0 Å². The molecule has 2 aliphatic rings. The standard InChI is InChI=1S/C23H27ClO4/c24-22-8-5-17(23-12-19(26)11-21(13-25)28-23)10-18(22)9-15-1-3-16(4-2-15)14-27-20-6-7-20/h1-5,8,10,19-21,23,25-26H,6-7,9,11-14H2. The van der Waals surface area contributed by atoms with Crippen LogP contribution in [0.3, 0.4) is 0 Å². The molecule has 1 saturated heterocycles. The Morgan fingerprint density at radius 2 is 1.79 bits per heavy atom. The lowest BCUT2D eigenvalue weighted by Crippen LogP contribution is -2.33. The molecular formula is C23H27ClO4. The highest BCUT2D eigenvalue weighted by atomic mass is 35.5. The van der Waals surface area contributed by atoms with E-state index in [4.69, 9.17) is 21.1 Å². The fraction of sp³-hybridized carbons (Fsp3) is 0.478. The quantitative estimate of drug-likeness (QED) is 0.729. The van der Waals surface area contributed by atoms with E-state index in [9.17, 15) is 10.2 Å². The minimum Gasteiger partial charge on any atom is -0.394 e.